The summed E-state index contributed by atoms with van der Waals surface area (Å²) in [6.07, 6.45) is 1.78. The van der Waals surface area contributed by atoms with E-state index < -0.39 is 0 Å². The van der Waals surface area contributed by atoms with Gasteiger partial charge >= 0.3 is 0 Å². The second-order valence-electron chi connectivity index (χ2n) is 3.78. The molecule has 1 aromatic carbocycles. The van der Waals surface area contributed by atoms with E-state index >= 15 is 0 Å². The Morgan fingerprint density at radius 1 is 1.06 bits per heavy atom. The summed E-state index contributed by atoms with van der Waals surface area (Å²) < 4.78 is 0. The molecule has 0 unspecified atom stereocenters. The van der Waals surface area contributed by atoms with E-state index in [-0.39, 0.29) is 0 Å². The number of nitrogens with one attached hydrogen (secondary N) is 1. The van der Waals surface area contributed by atoms with E-state index in [1.54, 1.807) is 6.20 Å². The zero-order valence-electron chi connectivity index (χ0n) is 9.51. The van der Waals surface area contributed by atoms with Crippen LogP contribution in [0, 0.1) is 0 Å². The molecule has 16 heavy (non-hydrogen) atoms. The fourth-order valence-electron chi connectivity index (χ4n) is 1.45. The molecule has 2 rings (SSSR count). The van der Waals surface area contributed by atoms with Crippen molar-refractivity contribution in [2.24, 2.45) is 0 Å². The molecule has 0 saturated heterocycles. The molecular weight excluding hydrogens is 198 g/mol. The number of anilines is 3. The highest BCUT2D eigenvalue weighted by Gasteiger charge is 1.98. The zero-order chi connectivity index (χ0) is 11.4. The Balaban J connectivity index is 2.19. The predicted octanol–water partition coefficient (Wildman–Crippen LogP) is 2.89. The number of benzene rings is 1. The lowest BCUT2D eigenvalue weighted by molar-refractivity contribution is 1.13. The van der Waals surface area contributed by atoms with Crippen LogP contribution < -0.4 is 10.2 Å². The lowest BCUT2D eigenvalue weighted by Gasteiger charge is -2.14. The predicted molar refractivity (Wildman–Crippen MR) is 68.3 cm³/mol. The van der Waals surface area contributed by atoms with Crippen molar-refractivity contribution in [3.8, 4) is 0 Å². The molecule has 2 aromatic rings. The Hall–Kier alpha value is -2.03. The van der Waals surface area contributed by atoms with Crippen molar-refractivity contribution in [2.75, 3.05) is 24.3 Å². The van der Waals surface area contributed by atoms with E-state index in [0.717, 1.165) is 11.5 Å². The Morgan fingerprint density at radius 3 is 2.62 bits per heavy atom. The standard InChI is InChI=1S/C13H15N3/c1-16(2)12-7-5-6-11(10-12)15-13-8-3-4-9-14-13/h3-10H,1-2H3,(H,14,15). The Labute approximate surface area is 95.7 Å². The summed E-state index contributed by atoms with van der Waals surface area (Å²) in [6, 6.07) is 14.0. The van der Waals surface area contributed by atoms with E-state index in [0.29, 0.717) is 0 Å². The van der Waals surface area contributed by atoms with Gasteiger partial charge in [0, 0.05) is 31.7 Å². The normalized spacial score (nSPS) is 9.88. The summed E-state index contributed by atoms with van der Waals surface area (Å²) in [5.74, 6) is 0.860. The first-order valence-electron chi connectivity index (χ1n) is 5.21. The average Bonchev–Trinajstić information content (AvgIpc) is 2.30. The Morgan fingerprint density at radius 2 is 1.94 bits per heavy atom. The van der Waals surface area contributed by atoms with Gasteiger partial charge in [-0.1, -0.05) is 12.1 Å². The maximum atomic E-state index is 4.22. The van der Waals surface area contributed by atoms with Crippen molar-refractivity contribution >= 4 is 17.2 Å². The molecule has 0 radical (unpaired) electrons. The molecule has 1 heterocycles. The Kier molecular flexibility index (Phi) is 3.05. The molecule has 0 fully saturated rings. The minimum atomic E-state index is 0.860. The molecule has 82 valence electrons. The van der Waals surface area contributed by atoms with Crippen LogP contribution in [-0.4, -0.2) is 19.1 Å². The first-order valence-corrected chi connectivity index (χ1v) is 5.21. The lowest BCUT2D eigenvalue weighted by atomic mass is 10.2. The van der Waals surface area contributed by atoms with Crippen molar-refractivity contribution in [2.45, 2.75) is 0 Å². The lowest BCUT2D eigenvalue weighted by Crippen LogP contribution is -2.08. The second-order valence-corrected chi connectivity index (χ2v) is 3.78. The van der Waals surface area contributed by atoms with Crippen molar-refractivity contribution < 1.29 is 0 Å². The number of rotatable bonds is 3. The van der Waals surface area contributed by atoms with Crippen LogP contribution in [0.4, 0.5) is 17.2 Å². The fourth-order valence-corrected chi connectivity index (χ4v) is 1.45. The molecule has 0 atom stereocenters. The molecule has 0 aliphatic carbocycles. The van der Waals surface area contributed by atoms with Crippen molar-refractivity contribution in [1.82, 2.24) is 4.98 Å². The van der Waals surface area contributed by atoms with Gasteiger partial charge in [-0.3, -0.25) is 0 Å². The average molecular weight is 213 g/mol. The maximum Gasteiger partial charge on any atom is 0.130 e. The van der Waals surface area contributed by atoms with Gasteiger partial charge in [0.1, 0.15) is 5.82 Å². The van der Waals surface area contributed by atoms with Gasteiger partial charge < -0.3 is 10.2 Å². The quantitative estimate of drug-likeness (QED) is 0.849. The van der Waals surface area contributed by atoms with E-state index in [1.807, 2.05) is 44.4 Å². The third-order valence-electron chi connectivity index (χ3n) is 2.30. The third kappa shape index (κ3) is 2.51. The van der Waals surface area contributed by atoms with E-state index in [9.17, 15) is 0 Å². The summed E-state index contributed by atoms with van der Waals surface area (Å²) in [6.45, 7) is 0. The van der Waals surface area contributed by atoms with Gasteiger partial charge in [0.05, 0.1) is 0 Å². The summed E-state index contributed by atoms with van der Waals surface area (Å²) >= 11 is 0. The van der Waals surface area contributed by atoms with Crippen LogP contribution >= 0.6 is 0 Å². The Bertz CT molecular complexity index is 452. The van der Waals surface area contributed by atoms with Crippen LogP contribution in [0.2, 0.25) is 0 Å². The molecule has 1 aromatic heterocycles. The number of aromatic nitrogens is 1. The van der Waals surface area contributed by atoms with Crippen LogP contribution in [-0.2, 0) is 0 Å². The van der Waals surface area contributed by atoms with Crippen LogP contribution in [0.1, 0.15) is 0 Å². The minimum Gasteiger partial charge on any atom is -0.378 e. The summed E-state index contributed by atoms with van der Waals surface area (Å²) in [5, 5.41) is 3.26. The number of hydrogen-bond donors (Lipinski definition) is 1. The van der Waals surface area contributed by atoms with Gasteiger partial charge in [0.2, 0.25) is 0 Å². The van der Waals surface area contributed by atoms with Crippen molar-refractivity contribution in [3.05, 3.63) is 48.7 Å². The molecule has 3 heteroatoms. The molecular formula is C13H15N3. The fraction of sp³-hybridized carbons (Fsp3) is 0.154. The van der Waals surface area contributed by atoms with E-state index in [4.69, 9.17) is 0 Å². The molecule has 0 spiro atoms. The first-order chi connectivity index (χ1) is 7.75. The molecule has 0 aliphatic rings. The molecule has 0 saturated carbocycles. The molecule has 3 nitrogen and oxygen atoms in total. The van der Waals surface area contributed by atoms with Crippen molar-refractivity contribution in [3.63, 3.8) is 0 Å². The molecule has 0 aliphatic heterocycles. The number of hydrogen-bond acceptors (Lipinski definition) is 3. The molecule has 1 N–H and O–H groups in total. The van der Waals surface area contributed by atoms with Crippen LogP contribution in [0.15, 0.2) is 48.7 Å². The highest BCUT2D eigenvalue weighted by Crippen LogP contribution is 2.19. The van der Waals surface area contributed by atoms with E-state index in [2.05, 4.69) is 27.3 Å². The monoisotopic (exact) mass is 213 g/mol. The maximum absolute atomic E-state index is 4.22. The second kappa shape index (κ2) is 4.66. The topological polar surface area (TPSA) is 28.2 Å². The number of pyridine rings is 1. The van der Waals surface area contributed by atoms with Gasteiger partial charge in [-0.25, -0.2) is 4.98 Å². The minimum absolute atomic E-state index is 0.860. The van der Waals surface area contributed by atoms with Crippen molar-refractivity contribution in [1.29, 1.82) is 0 Å². The highest BCUT2D eigenvalue weighted by molar-refractivity contribution is 5.62. The first kappa shape index (κ1) is 10.5. The van der Waals surface area contributed by atoms with Gasteiger partial charge in [-0.05, 0) is 30.3 Å². The highest BCUT2D eigenvalue weighted by atomic mass is 15.1. The summed E-state index contributed by atoms with van der Waals surface area (Å²) in [4.78, 5) is 6.30. The smallest absolute Gasteiger partial charge is 0.130 e. The van der Waals surface area contributed by atoms with Gasteiger partial charge in [-0.15, -0.1) is 0 Å². The van der Waals surface area contributed by atoms with Crippen LogP contribution in [0.5, 0.6) is 0 Å². The van der Waals surface area contributed by atoms with Gasteiger partial charge in [0.25, 0.3) is 0 Å². The number of nitrogens with zero attached hydrogens (tertiary/aromatic N) is 2. The zero-order valence-corrected chi connectivity index (χ0v) is 9.51. The van der Waals surface area contributed by atoms with Crippen LogP contribution in [0.25, 0.3) is 0 Å². The van der Waals surface area contributed by atoms with E-state index in [1.165, 1.54) is 5.69 Å². The van der Waals surface area contributed by atoms with Crippen LogP contribution in [0.3, 0.4) is 0 Å². The SMILES string of the molecule is CN(C)c1cccc(Nc2ccccn2)c1. The molecule has 0 amide bonds. The summed E-state index contributed by atoms with van der Waals surface area (Å²) in [7, 11) is 4.06. The molecule has 0 bridgehead atoms. The van der Waals surface area contributed by atoms with Gasteiger partial charge in [0.15, 0.2) is 0 Å². The largest absolute Gasteiger partial charge is 0.378 e. The summed E-state index contributed by atoms with van der Waals surface area (Å²) in [5.41, 5.74) is 2.21. The van der Waals surface area contributed by atoms with Gasteiger partial charge in [-0.2, -0.15) is 0 Å². The third-order valence-corrected chi connectivity index (χ3v) is 2.30.